The predicted molar refractivity (Wildman–Crippen MR) is 83.3 cm³/mol. The molecule has 5 heteroatoms. The van der Waals surface area contributed by atoms with Gasteiger partial charge in [-0.1, -0.05) is 29.8 Å². The molecule has 1 heterocycles. The van der Waals surface area contributed by atoms with Gasteiger partial charge >= 0.3 is 5.97 Å². The van der Waals surface area contributed by atoms with E-state index >= 15 is 0 Å². The highest BCUT2D eigenvalue weighted by Crippen LogP contribution is 2.35. The molecular formula is C17H15ClN2O2. The van der Waals surface area contributed by atoms with Crippen LogP contribution < -0.4 is 0 Å². The van der Waals surface area contributed by atoms with Crippen LogP contribution in [0.2, 0.25) is 5.02 Å². The molecule has 0 saturated carbocycles. The maximum absolute atomic E-state index is 12.0. The molecule has 0 saturated heterocycles. The van der Waals surface area contributed by atoms with E-state index in [1.165, 1.54) is 0 Å². The van der Waals surface area contributed by atoms with Crippen LogP contribution in [0.5, 0.6) is 0 Å². The van der Waals surface area contributed by atoms with Gasteiger partial charge in [-0.2, -0.15) is 5.26 Å². The first-order chi connectivity index (χ1) is 10.6. The van der Waals surface area contributed by atoms with Gasteiger partial charge in [0.15, 0.2) is 0 Å². The van der Waals surface area contributed by atoms with E-state index in [9.17, 15) is 10.1 Å². The molecule has 0 N–H and O–H groups in total. The van der Waals surface area contributed by atoms with E-state index in [-0.39, 0.29) is 13.0 Å². The largest absolute Gasteiger partial charge is 0.466 e. The Hall–Kier alpha value is -2.38. The minimum Gasteiger partial charge on any atom is -0.466 e. The van der Waals surface area contributed by atoms with Crippen molar-refractivity contribution in [1.82, 2.24) is 4.98 Å². The molecule has 2 aromatic rings. The lowest BCUT2D eigenvalue weighted by Gasteiger charge is -2.25. The highest BCUT2D eigenvalue weighted by Gasteiger charge is 2.39. The fourth-order valence-corrected chi connectivity index (χ4v) is 2.41. The second-order valence-electron chi connectivity index (χ2n) is 4.72. The summed E-state index contributed by atoms with van der Waals surface area (Å²) < 4.78 is 5.02. The van der Waals surface area contributed by atoms with E-state index in [4.69, 9.17) is 16.3 Å². The highest BCUT2D eigenvalue weighted by molar-refractivity contribution is 6.30. The summed E-state index contributed by atoms with van der Waals surface area (Å²) in [5.41, 5.74) is -0.0306. The van der Waals surface area contributed by atoms with Crippen molar-refractivity contribution in [2.45, 2.75) is 18.8 Å². The van der Waals surface area contributed by atoms with Crippen molar-refractivity contribution in [3.05, 3.63) is 64.9 Å². The Morgan fingerprint density at radius 3 is 2.59 bits per heavy atom. The van der Waals surface area contributed by atoms with E-state index in [0.717, 1.165) is 0 Å². The van der Waals surface area contributed by atoms with Crippen LogP contribution in [0.3, 0.4) is 0 Å². The van der Waals surface area contributed by atoms with E-state index in [2.05, 4.69) is 11.1 Å². The molecule has 0 spiro atoms. The minimum atomic E-state index is -1.20. The van der Waals surface area contributed by atoms with Gasteiger partial charge in [0, 0.05) is 11.2 Å². The second-order valence-corrected chi connectivity index (χ2v) is 5.16. The van der Waals surface area contributed by atoms with Crippen molar-refractivity contribution in [3.63, 3.8) is 0 Å². The molecule has 0 bridgehead atoms. The maximum atomic E-state index is 12.0. The van der Waals surface area contributed by atoms with Gasteiger partial charge in [0.05, 0.1) is 24.8 Å². The van der Waals surface area contributed by atoms with Gasteiger partial charge in [0.1, 0.15) is 5.41 Å². The molecule has 112 valence electrons. The first kappa shape index (κ1) is 16.0. The van der Waals surface area contributed by atoms with E-state index in [1.807, 2.05) is 0 Å². The van der Waals surface area contributed by atoms with E-state index < -0.39 is 11.4 Å². The number of pyridine rings is 1. The molecule has 0 aliphatic rings. The quantitative estimate of drug-likeness (QED) is 0.792. The van der Waals surface area contributed by atoms with E-state index in [1.54, 1.807) is 55.6 Å². The number of carbonyl (C=O) groups excluding carboxylic acids is 1. The summed E-state index contributed by atoms with van der Waals surface area (Å²) in [6, 6.07) is 14.4. The van der Waals surface area contributed by atoms with Crippen molar-refractivity contribution < 1.29 is 9.53 Å². The van der Waals surface area contributed by atoms with Crippen LogP contribution in [0, 0.1) is 11.3 Å². The average molecular weight is 315 g/mol. The van der Waals surface area contributed by atoms with Crippen LogP contribution in [0.25, 0.3) is 0 Å². The lowest BCUT2D eigenvalue weighted by atomic mass is 9.76. The number of carbonyl (C=O) groups is 1. The molecule has 1 aromatic carbocycles. The number of hydrogen-bond donors (Lipinski definition) is 0. The van der Waals surface area contributed by atoms with E-state index in [0.29, 0.717) is 16.3 Å². The molecule has 0 aliphatic carbocycles. The number of halogens is 1. The third-order valence-electron chi connectivity index (χ3n) is 3.34. The fraction of sp³-hybridized carbons (Fsp3) is 0.235. The van der Waals surface area contributed by atoms with Gasteiger partial charge in [-0.15, -0.1) is 0 Å². The SMILES string of the molecule is CCOC(=O)CC(C#N)(c1ccc(Cl)cc1)c1ccccn1. The number of esters is 1. The number of benzene rings is 1. The van der Waals surface area contributed by atoms with Crippen molar-refractivity contribution >= 4 is 17.6 Å². The van der Waals surface area contributed by atoms with Gasteiger partial charge in [0.2, 0.25) is 0 Å². The summed E-state index contributed by atoms with van der Waals surface area (Å²) in [5.74, 6) is -0.440. The molecule has 0 aliphatic heterocycles. The zero-order valence-corrected chi connectivity index (χ0v) is 12.9. The summed E-state index contributed by atoms with van der Waals surface area (Å²) in [6.07, 6.45) is 1.50. The second kappa shape index (κ2) is 7.06. The van der Waals surface area contributed by atoms with Gasteiger partial charge < -0.3 is 4.74 Å². The molecule has 22 heavy (non-hydrogen) atoms. The standard InChI is InChI=1S/C17H15ClN2O2/c1-2-22-16(21)11-17(12-19,15-5-3-4-10-20-15)13-6-8-14(18)9-7-13/h3-10H,2,11H2,1H3. The molecule has 0 radical (unpaired) electrons. The summed E-state index contributed by atoms with van der Waals surface area (Å²) in [6.45, 7) is 2.00. The molecular weight excluding hydrogens is 300 g/mol. The number of aromatic nitrogens is 1. The Balaban J connectivity index is 2.54. The van der Waals surface area contributed by atoms with Crippen molar-refractivity contribution in [2.24, 2.45) is 0 Å². The topological polar surface area (TPSA) is 63.0 Å². The van der Waals surface area contributed by atoms with Crippen LogP contribution in [0.15, 0.2) is 48.7 Å². The van der Waals surface area contributed by atoms with Crippen molar-refractivity contribution in [3.8, 4) is 6.07 Å². The first-order valence-electron chi connectivity index (χ1n) is 6.87. The first-order valence-corrected chi connectivity index (χ1v) is 7.24. The van der Waals surface area contributed by atoms with Crippen molar-refractivity contribution in [1.29, 1.82) is 5.26 Å². The number of hydrogen-bond acceptors (Lipinski definition) is 4. The lowest BCUT2D eigenvalue weighted by molar-refractivity contribution is -0.143. The fourth-order valence-electron chi connectivity index (χ4n) is 2.28. The van der Waals surface area contributed by atoms with Gasteiger partial charge in [-0.3, -0.25) is 9.78 Å². The molecule has 0 amide bonds. The number of ether oxygens (including phenoxy) is 1. The molecule has 4 nitrogen and oxygen atoms in total. The van der Waals surface area contributed by atoms with Crippen LogP contribution in [-0.2, 0) is 14.9 Å². The molecule has 2 rings (SSSR count). The van der Waals surface area contributed by atoms with Crippen LogP contribution in [0.1, 0.15) is 24.6 Å². The zero-order valence-electron chi connectivity index (χ0n) is 12.1. The monoisotopic (exact) mass is 314 g/mol. The third-order valence-corrected chi connectivity index (χ3v) is 3.60. The Kier molecular flexibility index (Phi) is 5.13. The lowest BCUT2D eigenvalue weighted by Crippen LogP contribution is -2.31. The summed E-state index contributed by atoms with van der Waals surface area (Å²) in [7, 11) is 0. The third kappa shape index (κ3) is 3.26. The average Bonchev–Trinajstić information content (AvgIpc) is 2.54. The molecule has 1 atom stereocenters. The highest BCUT2D eigenvalue weighted by atomic mass is 35.5. The summed E-state index contributed by atoms with van der Waals surface area (Å²) in [4.78, 5) is 16.3. The van der Waals surface area contributed by atoms with Crippen LogP contribution in [-0.4, -0.2) is 17.6 Å². The van der Waals surface area contributed by atoms with Gasteiger partial charge in [-0.25, -0.2) is 0 Å². The summed E-state index contributed by atoms with van der Waals surface area (Å²) >= 11 is 5.92. The zero-order chi connectivity index (χ0) is 16.0. The van der Waals surface area contributed by atoms with Crippen LogP contribution in [0.4, 0.5) is 0 Å². The number of nitriles is 1. The summed E-state index contributed by atoms with van der Waals surface area (Å²) in [5, 5.41) is 10.4. The smallest absolute Gasteiger partial charge is 0.308 e. The Bertz CT molecular complexity index is 680. The Morgan fingerprint density at radius 2 is 2.05 bits per heavy atom. The van der Waals surface area contributed by atoms with Gasteiger partial charge in [0.25, 0.3) is 0 Å². The van der Waals surface area contributed by atoms with Crippen molar-refractivity contribution in [2.75, 3.05) is 6.61 Å². The number of rotatable bonds is 5. The van der Waals surface area contributed by atoms with Crippen LogP contribution >= 0.6 is 11.6 Å². The molecule has 1 aromatic heterocycles. The van der Waals surface area contributed by atoms with Gasteiger partial charge in [-0.05, 0) is 36.8 Å². The minimum absolute atomic E-state index is 0.101. The Labute approximate surface area is 134 Å². The molecule has 0 fully saturated rings. The predicted octanol–water partition coefficient (Wildman–Crippen LogP) is 3.50. The Morgan fingerprint density at radius 1 is 1.32 bits per heavy atom. The molecule has 1 unspecified atom stereocenters. The normalized spacial score (nSPS) is 13.0. The maximum Gasteiger partial charge on any atom is 0.308 e. The number of nitrogens with zero attached hydrogens (tertiary/aromatic N) is 2.